The molecule has 2 aliphatic rings. The number of hydrogen-bond donors (Lipinski definition) is 1. The average molecular weight is 270 g/mol. The highest BCUT2D eigenvalue weighted by Gasteiger charge is 2.36. The molecule has 0 aromatic heterocycles. The van der Waals surface area contributed by atoms with E-state index in [1.54, 1.807) is 0 Å². The highest BCUT2D eigenvalue weighted by Crippen LogP contribution is 2.41. The van der Waals surface area contributed by atoms with E-state index in [1.807, 2.05) is 0 Å². The zero-order valence-electron chi connectivity index (χ0n) is 12.4. The van der Waals surface area contributed by atoms with E-state index >= 15 is 0 Å². The first-order valence-corrected chi connectivity index (χ1v) is 8.92. The van der Waals surface area contributed by atoms with E-state index in [2.05, 4.69) is 42.1 Å². The Labute approximate surface area is 117 Å². The van der Waals surface area contributed by atoms with Gasteiger partial charge in [0.1, 0.15) is 0 Å². The summed E-state index contributed by atoms with van der Waals surface area (Å²) in [5.74, 6) is 0.807. The smallest absolute Gasteiger partial charge is 0.0284 e. The number of nitrogens with zero attached hydrogens (tertiary/aromatic N) is 1. The molecule has 1 aliphatic heterocycles. The van der Waals surface area contributed by atoms with Crippen molar-refractivity contribution in [1.82, 2.24) is 10.2 Å². The molecular formula is C15H30N2S. The fraction of sp³-hybridized carbons (Fsp3) is 1.00. The Morgan fingerprint density at radius 2 is 2.11 bits per heavy atom. The second-order valence-electron chi connectivity index (χ2n) is 6.28. The molecule has 1 saturated heterocycles. The SMILES string of the molecule is CCC(C)C1CN(CC2(SC)CCCC2)CCN1. The standard InChI is InChI=1S/C15H30N2S/c1-4-13(2)14-11-17(10-9-16-14)12-15(18-3)7-5-6-8-15/h13-14,16H,4-12H2,1-3H3. The van der Waals surface area contributed by atoms with Crippen molar-refractivity contribution in [3.63, 3.8) is 0 Å². The first-order chi connectivity index (χ1) is 8.69. The van der Waals surface area contributed by atoms with Gasteiger partial charge in [-0.2, -0.15) is 11.8 Å². The van der Waals surface area contributed by atoms with Crippen LogP contribution in [0.15, 0.2) is 0 Å². The first kappa shape index (κ1) is 14.7. The Balaban J connectivity index is 1.88. The maximum Gasteiger partial charge on any atom is 0.0284 e. The van der Waals surface area contributed by atoms with Gasteiger partial charge < -0.3 is 5.32 Å². The Morgan fingerprint density at radius 3 is 2.72 bits per heavy atom. The summed E-state index contributed by atoms with van der Waals surface area (Å²) >= 11 is 2.13. The van der Waals surface area contributed by atoms with Gasteiger partial charge >= 0.3 is 0 Å². The van der Waals surface area contributed by atoms with Crippen molar-refractivity contribution in [1.29, 1.82) is 0 Å². The maximum atomic E-state index is 3.71. The minimum Gasteiger partial charge on any atom is -0.311 e. The molecule has 1 saturated carbocycles. The first-order valence-electron chi connectivity index (χ1n) is 7.70. The number of hydrogen-bond acceptors (Lipinski definition) is 3. The number of thioether (sulfide) groups is 1. The van der Waals surface area contributed by atoms with Gasteiger partial charge in [0, 0.05) is 37.0 Å². The summed E-state index contributed by atoms with van der Waals surface area (Å²) in [6, 6.07) is 0.712. The monoisotopic (exact) mass is 270 g/mol. The highest BCUT2D eigenvalue weighted by molar-refractivity contribution is 8.00. The second kappa shape index (κ2) is 6.62. The van der Waals surface area contributed by atoms with Crippen molar-refractivity contribution in [3.8, 4) is 0 Å². The van der Waals surface area contributed by atoms with Crippen LogP contribution in [0.5, 0.6) is 0 Å². The summed E-state index contributed by atoms with van der Waals surface area (Å²) in [4.78, 5) is 2.73. The van der Waals surface area contributed by atoms with E-state index in [0.29, 0.717) is 10.8 Å². The molecule has 2 fully saturated rings. The topological polar surface area (TPSA) is 15.3 Å². The molecule has 1 N–H and O–H groups in total. The quantitative estimate of drug-likeness (QED) is 0.827. The molecule has 0 aromatic rings. The highest BCUT2D eigenvalue weighted by atomic mass is 32.2. The molecule has 1 aliphatic carbocycles. The lowest BCUT2D eigenvalue weighted by Crippen LogP contribution is -2.55. The van der Waals surface area contributed by atoms with Crippen LogP contribution in [-0.4, -0.2) is 48.1 Å². The Kier molecular flexibility index (Phi) is 5.40. The van der Waals surface area contributed by atoms with Crippen LogP contribution in [0.1, 0.15) is 46.0 Å². The third kappa shape index (κ3) is 3.43. The van der Waals surface area contributed by atoms with Crippen LogP contribution in [-0.2, 0) is 0 Å². The zero-order chi connectivity index (χ0) is 13.0. The molecule has 0 spiro atoms. The third-order valence-electron chi connectivity index (χ3n) is 5.08. The van der Waals surface area contributed by atoms with Crippen LogP contribution < -0.4 is 5.32 Å². The normalized spacial score (nSPS) is 30.5. The van der Waals surface area contributed by atoms with Crippen LogP contribution in [0, 0.1) is 5.92 Å². The molecule has 0 radical (unpaired) electrons. The van der Waals surface area contributed by atoms with Crippen molar-refractivity contribution < 1.29 is 0 Å². The number of piperazine rings is 1. The fourth-order valence-electron chi connectivity index (χ4n) is 3.50. The molecular weight excluding hydrogens is 240 g/mol. The van der Waals surface area contributed by atoms with Gasteiger partial charge in [0.15, 0.2) is 0 Å². The van der Waals surface area contributed by atoms with E-state index in [1.165, 1.54) is 58.3 Å². The van der Waals surface area contributed by atoms with Crippen molar-refractivity contribution in [3.05, 3.63) is 0 Å². The molecule has 2 atom stereocenters. The van der Waals surface area contributed by atoms with Crippen LogP contribution in [0.25, 0.3) is 0 Å². The lowest BCUT2D eigenvalue weighted by Gasteiger charge is -2.41. The van der Waals surface area contributed by atoms with E-state index in [4.69, 9.17) is 0 Å². The summed E-state index contributed by atoms with van der Waals surface area (Å²) in [5, 5.41) is 3.71. The number of nitrogens with one attached hydrogen (secondary N) is 1. The average Bonchev–Trinajstić information content (AvgIpc) is 2.87. The van der Waals surface area contributed by atoms with Gasteiger partial charge in [-0.05, 0) is 25.0 Å². The van der Waals surface area contributed by atoms with E-state index in [-0.39, 0.29) is 0 Å². The second-order valence-corrected chi connectivity index (χ2v) is 7.55. The van der Waals surface area contributed by atoms with Crippen LogP contribution in [0.3, 0.4) is 0 Å². The van der Waals surface area contributed by atoms with Crippen molar-refractivity contribution in [2.75, 3.05) is 32.4 Å². The van der Waals surface area contributed by atoms with Gasteiger partial charge in [0.2, 0.25) is 0 Å². The van der Waals surface area contributed by atoms with Gasteiger partial charge in [-0.25, -0.2) is 0 Å². The largest absolute Gasteiger partial charge is 0.311 e. The van der Waals surface area contributed by atoms with E-state index in [9.17, 15) is 0 Å². The minimum absolute atomic E-state index is 0.581. The van der Waals surface area contributed by atoms with Crippen molar-refractivity contribution in [2.24, 2.45) is 5.92 Å². The predicted molar refractivity (Wildman–Crippen MR) is 82.4 cm³/mol. The van der Waals surface area contributed by atoms with Crippen molar-refractivity contribution >= 4 is 11.8 Å². The van der Waals surface area contributed by atoms with Gasteiger partial charge in [-0.3, -0.25) is 4.90 Å². The Hall–Kier alpha value is 0.270. The predicted octanol–water partition coefficient (Wildman–Crippen LogP) is 2.98. The summed E-state index contributed by atoms with van der Waals surface area (Å²) in [7, 11) is 0. The summed E-state index contributed by atoms with van der Waals surface area (Å²) in [6.07, 6.45) is 9.38. The summed E-state index contributed by atoms with van der Waals surface area (Å²) in [6.45, 7) is 9.71. The molecule has 106 valence electrons. The maximum absolute atomic E-state index is 3.71. The minimum atomic E-state index is 0.581. The summed E-state index contributed by atoms with van der Waals surface area (Å²) < 4.78 is 0.581. The fourth-order valence-corrected chi connectivity index (χ4v) is 4.51. The molecule has 0 aromatic carbocycles. The Morgan fingerprint density at radius 1 is 1.39 bits per heavy atom. The van der Waals surface area contributed by atoms with Crippen LogP contribution in [0.4, 0.5) is 0 Å². The molecule has 1 heterocycles. The summed E-state index contributed by atoms with van der Waals surface area (Å²) in [5.41, 5.74) is 0. The van der Waals surface area contributed by atoms with E-state index in [0.717, 1.165) is 5.92 Å². The lowest BCUT2D eigenvalue weighted by atomic mass is 9.96. The van der Waals surface area contributed by atoms with Crippen LogP contribution >= 0.6 is 11.8 Å². The molecule has 2 rings (SSSR count). The van der Waals surface area contributed by atoms with Gasteiger partial charge in [-0.15, -0.1) is 0 Å². The Bertz CT molecular complexity index is 251. The van der Waals surface area contributed by atoms with Gasteiger partial charge in [-0.1, -0.05) is 33.1 Å². The van der Waals surface area contributed by atoms with Gasteiger partial charge in [0.25, 0.3) is 0 Å². The molecule has 0 amide bonds. The van der Waals surface area contributed by atoms with Gasteiger partial charge in [0.05, 0.1) is 0 Å². The zero-order valence-corrected chi connectivity index (χ0v) is 13.2. The molecule has 2 nitrogen and oxygen atoms in total. The van der Waals surface area contributed by atoms with Crippen LogP contribution in [0.2, 0.25) is 0 Å². The van der Waals surface area contributed by atoms with E-state index < -0.39 is 0 Å². The third-order valence-corrected chi connectivity index (χ3v) is 6.48. The lowest BCUT2D eigenvalue weighted by molar-refractivity contribution is 0.156. The molecule has 0 bridgehead atoms. The molecule has 3 heteroatoms. The molecule has 18 heavy (non-hydrogen) atoms. The number of rotatable bonds is 5. The molecule has 2 unspecified atom stereocenters. The van der Waals surface area contributed by atoms with Crippen molar-refractivity contribution in [2.45, 2.75) is 56.7 Å².